The summed E-state index contributed by atoms with van der Waals surface area (Å²) in [5.74, 6) is 0.875. The second-order valence-corrected chi connectivity index (χ2v) is 5.79. The largest absolute Gasteiger partial charge is 0.369 e. The summed E-state index contributed by atoms with van der Waals surface area (Å²) in [7, 11) is 1.89. The topological polar surface area (TPSA) is 55.6 Å². The van der Waals surface area contributed by atoms with Gasteiger partial charge in [0.15, 0.2) is 5.65 Å². The maximum Gasteiger partial charge on any atom is 0.164 e. The van der Waals surface area contributed by atoms with Crippen molar-refractivity contribution in [2.75, 3.05) is 11.9 Å². The van der Waals surface area contributed by atoms with Gasteiger partial charge < -0.3 is 5.32 Å². The first-order valence-corrected chi connectivity index (χ1v) is 7.01. The fraction of sp³-hybridized carbons (Fsp3) is 0.583. The fourth-order valence-corrected chi connectivity index (χ4v) is 2.88. The molecule has 0 aliphatic heterocycles. The van der Waals surface area contributed by atoms with Gasteiger partial charge in [-0.15, -0.1) is 0 Å². The Morgan fingerprint density at radius 1 is 1.44 bits per heavy atom. The lowest BCUT2D eigenvalue weighted by molar-refractivity contribution is 0.521. The Kier molecular flexibility index (Phi) is 2.77. The zero-order valence-corrected chi connectivity index (χ0v) is 12.2. The van der Waals surface area contributed by atoms with Crippen LogP contribution in [0.5, 0.6) is 0 Å². The van der Waals surface area contributed by atoms with Gasteiger partial charge in [0.2, 0.25) is 0 Å². The standard InChI is InChI=1S/C12H16BrN5/c1-3-12(4-5-12)6-14-10-8-9(13)17-18(2)11(8)16-7-15-10/h7H,3-6H2,1-2H3,(H,14,15,16). The van der Waals surface area contributed by atoms with Crippen LogP contribution in [0.25, 0.3) is 11.0 Å². The highest BCUT2D eigenvalue weighted by atomic mass is 79.9. The molecule has 18 heavy (non-hydrogen) atoms. The first-order chi connectivity index (χ1) is 8.65. The first kappa shape index (κ1) is 11.9. The Morgan fingerprint density at radius 2 is 2.22 bits per heavy atom. The number of aryl methyl sites for hydroxylation is 1. The molecule has 1 aliphatic carbocycles. The molecule has 0 saturated heterocycles. The predicted molar refractivity (Wildman–Crippen MR) is 74.5 cm³/mol. The van der Waals surface area contributed by atoms with Gasteiger partial charge in [-0.1, -0.05) is 6.92 Å². The van der Waals surface area contributed by atoms with Crippen LogP contribution < -0.4 is 5.32 Å². The number of anilines is 1. The quantitative estimate of drug-likeness (QED) is 0.943. The minimum Gasteiger partial charge on any atom is -0.369 e. The van der Waals surface area contributed by atoms with Gasteiger partial charge in [0.25, 0.3) is 0 Å². The third-order valence-electron chi connectivity index (χ3n) is 3.92. The van der Waals surface area contributed by atoms with E-state index in [0.717, 1.165) is 28.0 Å². The number of fused-ring (bicyclic) bond motifs is 1. The molecule has 0 spiro atoms. The molecule has 5 nitrogen and oxygen atoms in total. The van der Waals surface area contributed by atoms with Gasteiger partial charge >= 0.3 is 0 Å². The van der Waals surface area contributed by atoms with Crippen molar-refractivity contribution in [2.45, 2.75) is 26.2 Å². The van der Waals surface area contributed by atoms with E-state index in [1.165, 1.54) is 19.3 Å². The zero-order valence-electron chi connectivity index (χ0n) is 10.6. The van der Waals surface area contributed by atoms with E-state index in [0.29, 0.717) is 5.41 Å². The highest BCUT2D eigenvalue weighted by molar-refractivity contribution is 9.10. The molecule has 3 rings (SSSR count). The molecule has 0 bridgehead atoms. The van der Waals surface area contributed by atoms with E-state index in [4.69, 9.17) is 0 Å². The minimum absolute atomic E-state index is 0.492. The van der Waals surface area contributed by atoms with Crippen LogP contribution in [0.2, 0.25) is 0 Å². The summed E-state index contributed by atoms with van der Waals surface area (Å²) in [6.07, 6.45) is 5.45. The molecule has 0 radical (unpaired) electrons. The highest BCUT2D eigenvalue weighted by Gasteiger charge is 2.40. The fourth-order valence-electron chi connectivity index (χ4n) is 2.28. The van der Waals surface area contributed by atoms with Crippen LogP contribution in [0.15, 0.2) is 10.9 Å². The van der Waals surface area contributed by atoms with Crippen LogP contribution in [0, 0.1) is 5.41 Å². The van der Waals surface area contributed by atoms with Crippen LogP contribution in [0.1, 0.15) is 26.2 Å². The van der Waals surface area contributed by atoms with Gasteiger partial charge in [0.05, 0.1) is 5.39 Å². The Balaban J connectivity index is 1.92. The molecule has 1 fully saturated rings. The van der Waals surface area contributed by atoms with Gasteiger partial charge in [-0.3, -0.25) is 0 Å². The van der Waals surface area contributed by atoms with Crippen molar-refractivity contribution in [2.24, 2.45) is 12.5 Å². The van der Waals surface area contributed by atoms with Crippen molar-refractivity contribution >= 4 is 32.8 Å². The van der Waals surface area contributed by atoms with Crippen LogP contribution >= 0.6 is 15.9 Å². The number of halogens is 1. The smallest absolute Gasteiger partial charge is 0.164 e. The van der Waals surface area contributed by atoms with E-state index in [1.807, 2.05) is 7.05 Å². The summed E-state index contributed by atoms with van der Waals surface area (Å²) < 4.78 is 2.56. The Hall–Kier alpha value is -1.17. The molecule has 2 aromatic rings. The number of aromatic nitrogens is 4. The Morgan fingerprint density at radius 3 is 2.89 bits per heavy atom. The van der Waals surface area contributed by atoms with E-state index < -0.39 is 0 Å². The normalized spacial score (nSPS) is 17.1. The van der Waals surface area contributed by atoms with E-state index in [-0.39, 0.29) is 0 Å². The van der Waals surface area contributed by atoms with E-state index in [1.54, 1.807) is 11.0 Å². The monoisotopic (exact) mass is 309 g/mol. The molecule has 2 aromatic heterocycles. The Bertz CT molecular complexity index is 587. The van der Waals surface area contributed by atoms with Crippen LogP contribution in [0.4, 0.5) is 5.82 Å². The van der Waals surface area contributed by atoms with E-state index in [9.17, 15) is 0 Å². The summed E-state index contributed by atoms with van der Waals surface area (Å²) in [5.41, 5.74) is 1.34. The molecule has 0 atom stereocenters. The lowest BCUT2D eigenvalue weighted by atomic mass is 10.0. The molecular weight excluding hydrogens is 294 g/mol. The number of hydrogen-bond acceptors (Lipinski definition) is 4. The van der Waals surface area contributed by atoms with Crippen molar-refractivity contribution in [3.8, 4) is 0 Å². The molecule has 2 heterocycles. The zero-order chi connectivity index (χ0) is 12.8. The average molecular weight is 310 g/mol. The SMILES string of the molecule is CCC1(CNc2ncnc3c2c(Br)nn3C)CC1. The first-order valence-electron chi connectivity index (χ1n) is 6.22. The van der Waals surface area contributed by atoms with Gasteiger partial charge in [-0.25, -0.2) is 14.6 Å². The maximum atomic E-state index is 4.34. The summed E-state index contributed by atoms with van der Waals surface area (Å²) >= 11 is 3.47. The molecule has 0 aromatic carbocycles. The average Bonchev–Trinajstić information content (AvgIpc) is 3.10. The molecule has 0 unspecified atom stereocenters. The number of nitrogens with zero attached hydrogens (tertiary/aromatic N) is 4. The maximum absolute atomic E-state index is 4.34. The minimum atomic E-state index is 0.492. The molecular formula is C12H16BrN5. The van der Waals surface area contributed by atoms with Crippen molar-refractivity contribution in [1.82, 2.24) is 19.7 Å². The summed E-state index contributed by atoms with van der Waals surface area (Å²) in [6.45, 7) is 3.24. The van der Waals surface area contributed by atoms with Gasteiger partial charge in [-0.05, 0) is 40.6 Å². The lowest BCUT2D eigenvalue weighted by Gasteiger charge is -2.14. The number of rotatable bonds is 4. The summed E-state index contributed by atoms with van der Waals surface area (Å²) in [4.78, 5) is 8.60. The summed E-state index contributed by atoms with van der Waals surface area (Å²) in [6, 6.07) is 0. The van der Waals surface area contributed by atoms with Crippen LogP contribution in [-0.2, 0) is 7.05 Å². The number of hydrogen-bond donors (Lipinski definition) is 1. The second-order valence-electron chi connectivity index (χ2n) is 5.04. The molecule has 0 amide bonds. The van der Waals surface area contributed by atoms with Gasteiger partial charge in [-0.2, -0.15) is 5.10 Å². The van der Waals surface area contributed by atoms with Gasteiger partial charge in [0.1, 0.15) is 16.7 Å². The van der Waals surface area contributed by atoms with Crippen molar-refractivity contribution in [3.63, 3.8) is 0 Å². The third-order valence-corrected chi connectivity index (χ3v) is 4.47. The van der Waals surface area contributed by atoms with Crippen LogP contribution in [0.3, 0.4) is 0 Å². The third kappa shape index (κ3) is 1.88. The molecule has 6 heteroatoms. The van der Waals surface area contributed by atoms with Crippen LogP contribution in [-0.4, -0.2) is 26.3 Å². The summed E-state index contributed by atoms with van der Waals surface area (Å²) in [5, 5.41) is 8.75. The second kappa shape index (κ2) is 4.19. The van der Waals surface area contributed by atoms with E-state index in [2.05, 4.69) is 43.2 Å². The van der Waals surface area contributed by atoms with Gasteiger partial charge in [0, 0.05) is 13.6 Å². The molecule has 1 aliphatic rings. The lowest BCUT2D eigenvalue weighted by Crippen LogP contribution is -2.15. The molecule has 1 N–H and O–H groups in total. The molecule has 1 saturated carbocycles. The van der Waals surface area contributed by atoms with Crippen molar-refractivity contribution in [1.29, 1.82) is 0 Å². The molecule has 96 valence electrons. The van der Waals surface area contributed by atoms with E-state index >= 15 is 0 Å². The Labute approximate surface area is 114 Å². The number of nitrogens with one attached hydrogen (secondary N) is 1. The highest BCUT2D eigenvalue weighted by Crippen LogP contribution is 2.48. The van der Waals surface area contributed by atoms with Crippen molar-refractivity contribution < 1.29 is 0 Å². The predicted octanol–water partition coefficient (Wildman–Crippen LogP) is 2.73. The van der Waals surface area contributed by atoms with Crippen molar-refractivity contribution in [3.05, 3.63) is 10.9 Å².